The maximum atomic E-state index is 5.79. The summed E-state index contributed by atoms with van der Waals surface area (Å²) in [5, 5.41) is 7.97. The fourth-order valence-corrected chi connectivity index (χ4v) is 1.62. The molecule has 2 N–H and O–H groups in total. The van der Waals surface area contributed by atoms with Crippen LogP contribution in [-0.4, -0.2) is 10.2 Å². The second kappa shape index (κ2) is 4.09. The van der Waals surface area contributed by atoms with Crippen molar-refractivity contribution >= 4 is 0 Å². The van der Waals surface area contributed by atoms with Crippen LogP contribution in [0.1, 0.15) is 50.4 Å². The fraction of sp³-hybridized carbons (Fsp3) is 0.800. The van der Waals surface area contributed by atoms with E-state index in [9.17, 15) is 0 Å². The first-order chi connectivity index (χ1) is 6.79. The summed E-state index contributed by atoms with van der Waals surface area (Å²) in [6, 6.07) is -0.0994. The summed E-state index contributed by atoms with van der Waals surface area (Å²) in [7, 11) is 0. The Bertz CT molecular complexity index is 293. The number of hydrogen-bond donors (Lipinski definition) is 1. The third kappa shape index (κ3) is 1.95. The van der Waals surface area contributed by atoms with Crippen LogP contribution in [0.2, 0.25) is 0 Å². The average molecular weight is 195 g/mol. The normalized spacial score (nSPS) is 19.3. The second-order valence-electron chi connectivity index (χ2n) is 4.05. The Balaban J connectivity index is 1.94. The van der Waals surface area contributed by atoms with Gasteiger partial charge in [0.15, 0.2) is 0 Å². The van der Waals surface area contributed by atoms with E-state index in [1.165, 1.54) is 19.3 Å². The highest BCUT2D eigenvalue weighted by Crippen LogP contribution is 2.29. The van der Waals surface area contributed by atoms with Crippen LogP contribution in [0.5, 0.6) is 0 Å². The van der Waals surface area contributed by atoms with Crippen molar-refractivity contribution in [3.63, 3.8) is 0 Å². The van der Waals surface area contributed by atoms with E-state index < -0.39 is 0 Å². The lowest BCUT2D eigenvalue weighted by molar-refractivity contribution is 0.284. The van der Waals surface area contributed by atoms with Crippen LogP contribution >= 0.6 is 0 Å². The minimum absolute atomic E-state index is 0.0994. The van der Waals surface area contributed by atoms with E-state index in [-0.39, 0.29) is 6.04 Å². The minimum atomic E-state index is -0.0994. The molecule has 0 radical (unpaired) electrons. The highest BCUT2D eigenvalue weighted by molar-refractivity contribution is 4.90. The average Bonchev–Trinajstić information content (AvgIpc) is 2.58. The first kappa shape index (κ1) is 9.65. The summed E-state index contributed by atoms with van der Waals surface area (Å²) in [6.07, 6.45) is 5.73. The van der Waals surface area contributed by atoms with Crippen molar-refractivity contribution in [2.45, 2.75) is 45.1 Å². The molecule has 0 bridgehead atoms. The molecule has 78 valence electrons. The van der Waals surface area contributed by atoms with Crippen LogP contribution < -0.4 is 5.73 Å². The molecule has 1 aromatic rings. The summed E-state index contributed by atoms with van der Waals surface area (Å²) < 4.78 is 5.50. The van der Waals surface area contributed by atoms with Gasteiger partial charge in [-0.1, -0.05) is 13.3 Å². The van der Waals surface area contributed by atoms with Crippen molar-refractivity contribution in [1.29, 1.82) is 0 Å². The molecule has 0 amide bonds. The highest BCUT2D eigenvalue weighted by Gasteiger charge is 2.21. The molecule has 1 fully saturated rings. The van der Waals surface area contributed by atoms with E-state index in [1.807, 2.05) is 6.92 Å². The number of hydrogen-bond acceptors (Lipinski definition) is 4. The van der Waals surface area contributed by atoms with Crippen LogP contribution in [0.3, 0.4) is 0 Å². The zero-order chi connectivity index (χ0) is 9.97. The maximum Gasteiger partial charge on any atom is 0.233 e. The molecule has 1 heterocycles. The number of aromatic nitrogens is 2. The first-order valence-corrected chi connectivity index (χ1v) is 5.37. The second-order valence-corrected chi connectivity index (χ2v) is 4.05. The molecule has 0 saturated heterocycles. The standard InChI is InChI=1S/C10H17N3O/c1-2-8(11)10-13-12-9(14-10)6-7-4-3-5-7/h7-8H,2-6,11H2,1H3. The molecular weight excluding hydrogens is 178 g/mol. The number of nitrogens with two attached hydrogens (primary N) is 1. The minimum Gasteiger partial charge on any atom is -0.424 e. The van der Waals surface area contributed by atoms with Crippen LogP contribution in [0.15, 0.2) is 4.42 Å². The van der Waals surface area contributed by atoms with Crippen molar-refractivity contribution in [3.05, 3.63) is 11.8 Å². The quantitative estimate of drug-likeness (QED) is 0.795. The maximum absolute atomic E-state index is 5.79. The molecule has 4 heteroatoms. The Morgan fingerprint density at radius 2 is 2.29 bits per heavy atom. The topological polar surface area (TPSA) is 64.9 Å². The smallest absolute Gasteiger partial charge is 0.233 e. The molecule has 0 spiro atoms. The van der Waals surface area contributed by atoms with Gasteiger partial charge in [-0.05, 0) is 25.2 Å². The van der Waals surface area contributed by atoms with Gasteiger partial charge in [0, 0.05) is 6.42 Å². The summed E-state index contributed by atoms with van der Waals surface area (Å²) in [6.45, 7) is 2.01. The summed E-state index contributed by atoms with van der Waals surface area (Å²) >= 11 is 0. The van der Waals surface area contributed by atoms with Gasteiger partial charge >= 0.3 is 0 Å². The van der Waals surface area contributed by atoms with E-state index >= 15 is 0 Å². The molecule has 0 aromatic carbocycles. The van der Waals surface area contributed by atoms with Gasteiger partial charge in [0.25, 0.3) is 0 Å². The lowest BCUT2D eigenvalue weighted by atomic mass is 9.83. The zero-order valence-corrected chi connectivity index (χ0v) is 8.57. The number of nitrogens with zero attached hydrogens (tertiary/aromatic N) is 2. The van der Waals surface area contributed by atoms with Gasteiger partial charge in [-0.25, -0.2) is 0 Å². The molecule has 0 aliphatic heterocycles. The molecule has 2 rings (SSSR count). The third-order valence-electron chi connectivity index (χ3n) is 2.93. The van der Waals surface area contributed by atoms with Gasteiger partial charge in [0.1, 0.15) is 0 Å². The van der Waals surface area contributed by atoms with E-state index in [4.69, 9.17) is 10.2 Å². The Morgan fingerprint density at radius 3 is 2.86 bits per heavy atom. The third-order valence-corrected chi connectivity index (χ3v) is 2.93. The fourth-order valence-electron chi connectivity index (χ4n) is 1.62. The Labute approximate surface area is 83.9 Å². The lowest BCUT2D eigenvalue weighted by Crippen LogP contribution is -2.13. The van der Waals surface area contributed by atoms with Gasteiger partial charge in [0.05, 0.1) is 6.04 Å². The molecular formula is C10H17N3O. The molecule has 1 aliphatic carbocycles. The molecule has 1 aromatic heterocycles. The van der Waals surface area contributed by atoms with Crippen molar-refractivity contribution in [1.82, 2.24) is 10.2 Å². The molecule has 1 saturated carbocycles. The largest absolute Gasteiger partial charge is 0.424 e. The van der Waals surface area contributed by atoms with Crippen molar-refractivity contribution < 1.29 is 4.42 Å². The predicted octanol–water partition coefficient (Wildman–Crippen LogP) is 1.82. The molecule has 14 heavy (non-hydrogen) atoms. The van der Waals surface area contributed by atoms with Gasteiger partial charge < -0.3 is 10.2 Å². The summed E-state index contributed by atoms with van der Waals surface area (Å²) in [4.78, 5) is 0. The van der Waals surface area contributed by atoms with Gasteiger partial charge in [-0.2, -0.15) is 0 Å². The summed E-state index contributed by atoms with van der Waals surface area (Å²) in [5.41, 5.74) is 5.79. The summed E-state index contributed by atoms with van der Waals surface area (Å²) in [5.74, 6) is 2.11. The molecule has 4 nitrogen and oxygen atoms in total. The SMILES string of the molecule is CCC(N)c1nnc(CC2CCC2)o1. The Kier molecular flexibility index (Phi) is 2.82. The monoisotopic (exact) mass is 195 g/mol. The van der Waals surface area contributed by atoms with Crippen molar-refractivity contribution in [2.75, 3.05) is 0 Å². The molecule has 1 atom stereocenters. The van der Waals surface area contributed by atoms with Crippen LogP contribution in [0.25, 0.3) is 0 Å². The zero-order valence-electron chi connectivity index (χ0n) is 8.57. The van der Waals surface area contributed by atoms with Crippen LogP contribution in [-0.2, 0) is 6.42 Å². The van der Waals surface area contributed by atoms with E-state index in [1.54, 1.807) is 0 Å². The Hall–Kier alpha value is -0.900. The predicted molar refractivity (Wildman–Crippen MR) is 52.6 cm³/mol. The first-order valence-electron chi connectivity index (χ1n) is 5.37. The van der Waals surface area contributed by atoms with E-state index in [0.29, 0.717) is 5.89 Å². The van der Waals surface area contributed by atoms with Crippen molar-refractivity contribution in [3.8, 4) is 0 Å². The molecule has 1 unspecified atom stereocenters. The van der Waals surface area contributed by atoms with Gasteiger partial charge in [0.2, 0.25) is 11.8 Å². The number of rotatable bonds is 4. The lowest BCUT2D eigenvalue weighted by Gasteiger charge is -2.23. The molecule has 1 aliphatic rings. The van der Waals surface area contributed by atoms with Crippen LogP contribution in [0.4, 0.5) is 0 Å². The van der Waals surface area contributed by atoms with Gasteiger partial charge in [-0.15, -0.1) is 10.2 Å². The highest BCUT2D eigenvalue weighted by atomic mass is 16.4. The van der Waals surface area contributed by atoms with Gasteiger partial charge in [-0.3, -0.25) is 0 Å². The van der Waals surface area contributed by atoms with E-state index in [2.05, 4.69) is 10.2 Å². The Morgan fingerprint density at radius 1 is 1.50 bits per heavy atom. The van der Waals surface area contributed by atoms with E-state index in [0.717, 1.165) is 24.7 Å². The van der Waals surface area contributed by atoms with Crippen LogP contribution in [0, 0.1) is 5.92 Å². The van der Waals surface area contributed by atoms with Crippen molar-refractivity contribution in [2.24, 2.45) is 11.7 Å².